The van der Waals surface area contributed by atoms with Gasteiger partial charge in [-0.25, -0.2) is 9.66 Å². The zero-order valence-corrected chi connectivity index (χ0v) is 15.3. The molecule has 0 saturated carbocycles. The Bertz CT molecular complexity index is 966. The molecule has 0 fully saturated rings. The van der Waals surface area contributed by atoms with Crippen molar-refractivity contribution in [3.63, 3.8) is 0 Å². The van der Waals surface area contributed by atoms with Crippen LogP contribution in [0, 0.1) is 0 Å². The number of nitrogens with one attached hydrogen (secondary N) is 1. The third-order valence-electron chi connectivity index (χ3n) is 4.53. The number of aromatic nitrogens is 3. The molecule has 0 amide bonds. The summed E-state index contributed by atoms with van der Waals surface area (Å²) in [6.07, 6.45) is 7.06. The molecule has 0 radical (unpaired) electrons. The molecule has 1 aromatic carbocycles. The first kappa shape index (κ1) is 17.1. The summed E-state index contributed by atoms with van der Waals surface area (Å²) in [6.45, 7) is 0.725. The van der Waals surface area contributed by atoms with Gasteiger partial charge in [0.15, 0.2) is 11.5 Å². The maximum absolute atomic E-state index is 5.41. The lowest BCUT2D eigenvalue weighted by Crippen LogP contribution is -2.16. The van der Waals surface area contributed by atoms with Crippen molar-refractivity contribution in [2.45, 2.75) is 12.8 Å². The Hall–Kier alpha value is -3.35. The second-order valence-electron chi connectivity index (χ2n) is 6.19. The van der Waals surface area contributed by atoms with Gasteiger partial charge in [0.2, 0.25) is 0 Å². The summed E-state index contributed by atoms with van der Waals surface area (Å²) in [5.41, 5.74) is 6.55. The molecule has 0 saturated heterocycles. The number of imidazole rings is 1. The van der Waals surface area contributed by atoms with E-state index in [1.807, 2.05) is 41.2 Å². The smallest absolute Gasteiger partial charge is 0.161 e. The summed E-state index contributed by atoms with van der Waals surface area (Å²) in [5, 5.41) is 0. The highest BCUT2D eigenvalue weighted by Crippen LogP contribution is 2.32. The van der Waals surface area contributed by atoms with E-state index in [0.29, 0.717) is 17.9 Å². The van der Waals surface area contributed by atoms with Crippen LogP contribution in [0.1, 0.15) is 11.4 Å². The molecule has 7 nitrogen and oxygen atoms in total. The Morgan fingerprint density at radius 3 is 2.70 bits per heavy atom. The molecule has 3 aromatic rings. The number of hydrogen-bond acceptors (Lipinski definition) is 5. The van der Waals surface area contributed by atoms with Crippen LogP contribution in [0.3, 0.4) is 0 Å². The standard InChI is InChI=1S/C20H21N5O2/c1-26-17-4-3-15(11-18(17)27-2)16-13-23-20-12-19(24-25(16)20)22-10-7-14-5-8-21-9-6-14/h3-6,8-9,11,13H,7,10,12H2,1-2H3,(H,22,24). The van der Waals surface area contributed by atoms with Crippen molar-refractivity contribution in [2.24, 2.45) is 4.99 Å². The number of pyridine rings is 1. The second kappa shape index (κ2) is 7.49. The van der Waals surface area contributed by atoms with E-state index in [4.69, 9.17) is 9.47 Å². The Balaban J connectivity index is 1.50. The van der Waals surface area contributed by atoms with Crippen LogP contribution >= 0.6 is 0 Å². The molecule has 1 aliphatic rings. The van der Waals surface area contributed by atoms with Gasteiger partial charge in [-0.2, -0.15) is 0 Å². The highest BCUT2D eigenvalue weighted by atomic mass is 16.5. The van der Waals surface area contributed by atoms with Gasteiger partial charge in [-0.05, 0) is 42.3 Å². The first-order valence-electron chi connectivity index (χ1n) is 8.76. The molecule has 2 aromatic heterocycles. The first-order valence-corrected chi connectivity index (χ1v) is 8.76. The van der Waals surface area contributed by atoms with Gasteiger partial charge >= 0.3 is 0 Å². The van der Waals surface area contributed by atoms with E-state index >= 15 is 0 Å². The SMILES string of the molecule is COc1ccc(-c2cnc3n2NC(=NCCc2ccncc2)C3)cc1OC. The van der Waals surface area contributed by atoms with Gasteiger partial charge in [-0.1, -0.05) is 0 Å². The van der Waals surface area contributed by atoms with Crippen molar-refractivity contribution < 1.29 is 9.47 Å². The van der Waals surface area contributed by atoms with Crippen molar-refractivity contribution >= 4 is 5.84 Å². The van der Waals surface area contributed by atoms with E-state index in [2.05, 4.69) is 20.4 Å². The van der Waals surface area contributed by atoms with Crippen molar-refractivity contribution in [2.75, 3.05) is 26.2 Å². The molecule has 0 spiro atoms. The number of fused-ring (bicyclic) bond motifs is 1. The topological polar surface area (TPSA) is 73.6 Å². The number of nitrogens with zero attached hydrogens (tertiary/aromatic N) is 4. The molecule has 0 bridgehead atoms. The maximum atomic E-state index is 5.41. The monoisotopic (exact) mass is 363 g/mol. The highest BCUT2D eigenvalue weighted by Gasteiger charge is 2.21. The molecule has 7 heteroatoms. The Morgan fingerprint density at radius 1 is 1.11 bits per heavy atom. The summed E-state index contributed by atoms with van der Waals surface area (Å²) in [6, 6.07) is 9.87. The minimum absolute atomic E-state index is 0.690. The quantitative estimate of drug-likeness (QED) is 0.729. The predicted octanol–water partition coefficient (Wildman–Crippen LogP) is 2.70. The third kappa shape index (κ3) is 3.48. The fraction of sp³-hybridized carbons (Fsp3) is 0.250. The minimum atomic E-state index is 0.690. The molecule has 27 heavy (non-hydrogen) atoms. The Morgan fingerprint density at radius 2 is 1.93 bits per heavy atom. The molecule has 1 N–H and O–H groups in total. The zero-order chi connectivity index (χ0) is 18.6. The summed E-state index contributed by atoms with van der Waals surface area (Å²) in [7, 11) is 3.26. The van der Waals surface area contributed by atoms with E-state index in [9.17, 15) is 0 Å². The molecule has 4 rings (SSSR count). The van der Waals surface area contributed by atoms with Crippen LogP contribution < -0.4 is 14.9 Å². The van der Waals surface area contributed by atoms with E-state index < -0.39 is 0 Å². The van der Waals surface area contributed by atoms with E-state index in [-0.39, 0.29) is 0 Å². The largest absolute Gasteiger partial charge is 0.493 e. The van der Waals surface area contributed by atoms with Gasteiger partial charge in [0.25, 0.3) is 0 Å². The van der Waals surface area contributed by atoms with Crippen LogP contribution in [0.4, 0.5) is 0 Å². The molecule has 0 atom stereocenters. The number of ether oxygens (including phenoxy) is 2. The normalized spacial score (nSPS) is 14.1. The van der Waals surface area contributed by atoms with Crippen molar-refractivity contribution in [1.82, 2.24) is 14.6 Å². The fourth-order valence-corrected chi connectivity index (χ4v) is 3.12. The molecule has 1 aliphatic heterocycles. The summed E-state index contributed by atoms with van der Waals surface area (Å²) in [4.78, 5) is 13.2. The van der Waals surface area contributed by atoms with Crippen molar-refractivity contribution in [3.8, 4) is 22.8 Å². The fourth-order valence-electron chi connectivity index (χ4n) is 3.12. The summed E-state index contributed by atoms with van der Waals surface area (Å²) < 4.78 is 12.7. The number of hydrogen-bond donors (Lipinski definition) is 1. The van der Waals surface area contributed by atoms with Gasteiger partial charge in [-0.15, -0.1) is 0 Å². The van der Waals surface area contributed by atoms with E-state index in [1.165, 1.54) is 5.56 Å². The van der Waals surface area contributed by atoms with Gasteiger partial charge in [0.05, 0.1) is 32.5 Å². The van der Waals surface area contributed by atoms with Gasteiger partial charge in [0.1, 0.15) is 11.7 Å². The average molecular weight is 363 g/mol. The Kier molecular flexibility index (Phi) is 4.74. The molecule has 3 heterocycles. The summed E-state index contributed by atoms with van der Waals surface area (Å²) in [5.74, 6) is 3.26. The van der Waals surface area contributed by atoms with Crippen LogP contribution in [0.25, 0.3) is 11.3 Å². The number of amidine groups is 1. The van der Waals surface area contributed by atoms with Gasteiger partial charge in [-0.3, -0.25) is 15.4 Å². The highest BCUT2D eigenvalue weighted by molar-refractivity contribution is 5.94. The lowest BCUT2D eigenvalue weighted by Gasteiger charge is -2.11. The molecular formula is C20H21N5O2. The number of benzene rings is 1. The Labute approximate surface area is 157 Å². The second-order valence-corrected chi connectivity index (χ2v) is 6.19. The molecular weight excluding hydrogens is 342 g/mol. The van der Waals surface area contributed by atoms with Crippen LogP contribution in [-0.2, 0) is 12.8 Å². The third-order valence-corrected chi connectivity index (χ3v) is 4.53. The zero-order valence-electron chi connectivity index (χ0n) is 15.3. The van der Waals surface area contributed by atoms with Crippen LogP contribution in [0.15, 0.2) is 53.9 Å². The molecule has 0 aliphatic carbocycles. The van der Waals surface area contributed by atoms with Crippen molar-refractivity contribution in [1.29, 1.82) is 0 Å². The minimum Gasteiger partial charge on any atom is -0.493 e. The number of methoxy groups -OCH3 is 2. The van der Waals surface area contributed by atoms with E-state index in [1.54, 1.807) is 26.6 Å². The molecule has 0 unspecified atom stereocenters. The predicted molar refractivity (Wildman–Crippen MR) is 104 cm³/mol. The first-order chi connectivity index (χ1) is 13.3. The summed E-state index contributed by atoms with van der Waals surface area (Å²) >= 11 is 0. The van der Waals surface area contributed by atoms with Crippen LogP contribution in [0.2, 0.25) is 0 Å². The van der Waals surface area contributed by atoms with Gasteiger partial charge in [0, 0.05) is 24.5 Å². The number of rotatable bonds is 6. The van der Waals surface area contributed by atoms with Crippen molar-refractivity contribution in [3.05, 3.63) is 60.3 Å². The maximum Gasteiger partial charge on any atom is 0.161 e. The molecule has 138 valence electrons. The van der Waals surface area contributed by atoms with Crippen LogP contribution in [-0.4, -0.2) is 41.2 Å². The number of aliphatic imine (C=N–C) groups is 1. The lowest BCUT2D eigenvalue weighted by molar-refractivity contribution is 0.355. The van der Waals surface area contributed by atoms with E-state index in [0.717, 1.165) is 35.9 Å². The van der Waals surface area contributed by atoms with Crippen LogP contribution in [0.5, 0.6) is 11.5 Å². The average Bonchev–Trinajstić information content (AvgIpc) is 3.28. The lowest BCUT2D eigenvalue weighted by atomic mass is 10.1. The van der Waals surface area contributed by atoms with Gasteiger partial charge < -0.3 is 9.47 Å².